The van der Waals surface area contributed by atoms with Gasteiger partial charge >= 0.3 is 0 Å². The second-order valence-electron chi connectivity index (χ2n) is 8.01. The Morgan fingerprint density at radius 3 is 2.41 bits per heavy atom. The molecule has 1 fully saturated rings. The van der Waals surface area contributed by atoms with Crippen molar-refractivity contribution in [2.45, 2.75) is 6.42 Å². The Kier molecular flexibility index (Phi) is 5.53. The van der Waals surface area contributed by atoms with Crippen LogP contribution < -0.4 is 14.7 Å². The molecule has 2 heterocycles. The number of amides is 2. The largest absolute Gasteiger partial charge is 0.367 e. The predicted octanol–water partition coefficient (Wildman–Crippen LogP) is 2.45. The number of nitrogens with zero attached hydrogens (tertiary/aromatic N) is 4. The Morgan fingerprint density at radius 2 is 1.69 bits per heavy atom. The van der Waals surface area contributed by atoms with Crippen molar-refractivity contribution in [3.63, 3.8) is 0 Å². The maximum atomic E-state index is 13.4. The van der Waals surface area contributed by atoms with E-state index in [1.54, 1.807) is 4.90 Å². The first kappa shape index (κ1) is 19.5. The minimum absolute atomic E-state index is 0.0208. The molecule has 1 atom stereocenters. The Labute approximate surface area is 172 Å². The average molecular weight is 393 g/mol. The summed E-state index contributed by atoms with van der Waals surface area (Å²) in [7, 11) is 4.14. The molecule has 0 saturated carbocycles. The molecule has 2 amide bonds. The minimum atomic E-state index is -0.302. The molecule has 1 unspecified atom stereocenters. The van der Waals surface area contributed by atoms with Gasteiger partial charge in [0.2, 0.25) is 11.8 Å². The first-order chi connectivity index (χ1) is 14.0. The highest BCUT2D eigenvalue weighted by Gasteiger charge is 2.39. The van der Waals surface area contributed by atoms with E-state index in [1.807, 2.05) is 53.4 Å². The Bertz CT molecular complexity index is 883. The van der Waals surface area contributed by atoms with Gasteiger partial charge in [-0.15, -0.1) is 0 Å². The molecule has 152 valence electrons. The molecule has 2 aliphatic heterocycles. The number of likely N-dealkylation sites (N-methyl/N-ethyl adjacent to an activating group) is 1. The van der Waals surface area contributed by atoms with E-state index in [4.69, 9.17) is 0 Å². The highest BCUT2D eigenvalue weighted by Crippen LogP contribution is 2.35. The summed E-state index contributed by atoms with van der Waals surface area (Å²) in [4.78, 5) is 34.1. The zero-order valence-corrected chi connectivity index (χ0v) is 17.1. The van der Waals surface area contributed by atoms with Crippen molar-refractivity contribution in [3.8, 4) is 0 Å². The average Bonchev–Trinajstić information content (AvgIpc) is 3.13. The maximum absolute atomic E-state index is 13.4. The molecular formula is C23H28N4O2. The van der Waals surface area contributed by atoms with E-state index >= 15 is 0 Å². The highest BCUT2D eigenvalue weighted by molar-refractivity contribution is 6.06. The number of hydrogen-bond acceptors (Lipinski definition) is 4. The third kappa shape index (κ3) is 3.98. The van der Waals surface area contributed by atoms with E-state index in [0.29, 0.717) is 13.1 Å². The van der Waals surface area contributed by atoms with E-state index in [0.717, 1.165) is 36.7 Å². The van der Waals surface area contributed by atoms with Crippen molar-refractivity contribution in [2.24, 2.45) is 5.92 Å². The Balaban J connectivity index is 1.52. The van der Waals surface area contributed by atoms with Crippen molar-refractivity contribution in [1.82, 2.24) is 4.90 Å². The monoisotopic (exact) mass is 392 g/mol. The predicted molar refractivity (Wildman–Crippen MR) is 116 cm³/mol. The van der Waals surface area contributed by atoms with Gasteiger partial charge in [0.15, 0.2) is 0 Å². The van der Waals surface area contributed by atoms with Crippen LogP contribution >= 0.6 is 0 Å². The molecule has 1 saturated heterocycles. The van der Waals surface area contributed by atoms with Crippen LogP contribution in [0.3, 0.4) is 0 Å². The van der Waals surface area contributed by atoms with Crippen LogP contribution in [0.4, 0.5) is 17.1 Å². The number of rotatable bonds is 5. The number of carbonyl (C=O) groups excluding carboxylic acids is 2. The van der Waals surface area contributed by atoms with Gasteiger partial charge in [-0.3, -0.25) is 9.59 Å². The Hall–Kier alpha value is -2.86. The molecule has 6 nitrogen and oxygen atoms in total. The van der Waals surface area contributed by atoms with Crippen LogP contribution in [-0.4, -0.2) is 63.5 Å². The van der Waals surface area contributed by atoms with Crippen LogP contribution in [0.5, 0.6) is 0 Å². The smallest absolute Gasteiger partial charge is 0.232 e. The van der Waals surface area contributed by atoms with Crippen LogP contribution in [-0.2, 0) is 9.59 Å². The zero-order chi connectivity index (χ0) is 20.4. The van der Waals surface area contributed by atoms with Gasteiger partial charge in [0, 0.05) is 44.8 Å². The van der Waals surface area contributed by atoms with E-state index in [2.05, 4.69) is 30.0 Å². The maximum Gasteiger partial charge on any atom is 0.232 e. The Morgan fingerprint density at radius 1 is 1.00 bits per heavy atom. The second-order valence-corrected chi connectivity index (χ2v) is 8.01. The number of hydrogen-bond donors (Lipinski definition) is 0. The summed E-state index contributed by atoms with van der Waals surface area (Å²) < 4.78 is 0. The lowest BCUT2D eigenvalue weighted by Gasteiger charge is -2.39. The summed E-state index contributed by atoms with van der Waals surface area (Å²) in [5, 5.41) is 0. The summed E-state index contributed by atoms with van der Waals surface area (Å²) in [6.07, 6.45) is 0.275. The molecule has 0 aliphatic carbocycles. The molecular weight excluding hydrogens is 364 g/mol. The highest BCUT2D eigenvalue weighted by atomic mass is 16.2. The summed E-state index contributed by atoms with van der Waals surface area (Å²) in [5.74, 6) is -0.229. The third-order valence-corrected chi connectivity index (χ3v) is 5.73. The first-order valence-electron chi connectivity index (χ1n) is 10.2. The van der Waals surface area contributed by atoms with Crippen LogP contribution in [0.2, 0.25) is 0 Å². The van der Waals surface area contributed by atoms with Crippen LogP contribution in [0.15, 0.2) is 54.6 Å². The number of carbonyl (C=O) groups is 2. The number of anilines is 3. The number of para-hydroxylation sites is 3. The molecule has 0 bridgehead atoms. The number of fused-ring (bicyclic) bond motifs is 1. The summed E-state index contributed by atoms with van der Waals surface area (Å²) >= 11 is 0. The molecule has 2 aromatic rings. The van der Waals surface area contributed by atoms with E-state index in [9.17, 15) is 9.59 Å². The normalized spacial score (nSPS) is 19.1. The van der Waals surface area contributed by atoms with E-state index < -0.39 is 0 Å². The molecule has 2 aliphatic rings. The molecule has 2 aromatic carbocycles. The first-order valence-corrected chi connectivity index (χ1v) is 10.2. The van der Waals surface area contributed by atoms with Crippen molar-refractivity contribution >= 4 is 28.9 Å². The minimum Gasteiger partial charge on any atom is -0.367 e. The lowest BCUT2D eigenvalue weighted by Crippen LogP contribution is -2.48. The lowest BCUT2D eigenvalue weighted by molar-refractivity contribution is -0.124. The molecule has 6 heteroatoms. The lowest BCUT2D eigenvalue weighted by atomic mass is 10.0. The number of benzene rings is 2. The molecule has 0 aromatic heterocycles. The van der Waals surface area contributed by atoms with Gasteiger partial charge in [-0.1, -0.05) is 30.3 Å². The third-order valence-electron chi connectivity index (χ3n) is 5.73. The summed E-state index contributed by atoms with van der Waals surface area (Å²) in [5.41, 5.74) is 2.91. The van der Waals surface area contributed by atoms with Crippen molar-refractivity contribution in [2.75, 3.05) is 61.5 Å². The van der Waals surface area contributed by atoms with Crippen LogP contribution in [0.1, 0.15) is 6.42 Å². The molecule has 4 rings (SSSR count). The standard InChI is InChI=1S/C23H28N4O2/c1-24(2)12-13-25-14-15-26(21-11-7-6-10-20(21)25)23(29)18-16-22(28)27(17-18)19-8-4-3-5-9-19/h3-11,18H,12-17H2,1-2H3. The van der Waals surface area contributed by atoms with Gasteiger partial charge < -0.3 is 19.6 Å². The van der Waals surface area contributed by atoms with Gasteiger partial charge in [0.05, 0.1) is 17.3 Å². The fourth-order valence-corrected chi connectivity index (χ4v) is 4.15. The van der Waals surface area contributed by atoms with Crippen molar-refractivity contribution in [3.05, 3.63) is 54.6 Å². The molecule has 29 heavy (non-hydrogen) atoms. The fourth-order valence-electron chi connectivity index (χ4n) is 4.15. The van der Waals surface area contributed by atoms with Crippen LogP contribution in [0.25, 0.3) is 0 Å². The van der Waals surface area contributed by atoms with E-state index in [1.165, 1.54) is 0 Å². The van der Waals surface area contributed by atoms with Crippen LogP contribution in [0, 0.1) is 5.92 Å². The zero-order valence-electron chi connectivity index (χ0n) is 17.1. The second kappa shape index (κ2) is 8.25. The molecule has 0 radical (unpaired) electrons. The summed E-state index contributed by atoms with van der Waals surface area (Å²) in [6, 6.07) is 17.7. The van der Waals surface area contributed by atoms with Gasteiger partial charge in [-0.2, -0.15) is 0 Å². The van der Waals surface area contributed by atoms with Crippen molar-refractivity contribution in [1.29, 1.82) is 0 Å². The summed E-state index contributed by atoms with van der Waals surface area (Å²) in [6.45, 7) is 3.80. The van der Waals surface area contributed by atoms with Crippen molar-refractivity contribution < 1.29 is 9.59 Å². The van der Waals surface area contributed by atoms with Gasteiger partial charge in [-0.25, -0.2) is 0 Å². The van der Waals surface area contributed by atoms with Gasteiger partial charge in [0.1, 0.15) is 0 Å². The quantitative estimate of drug-likeness (QED) is 0.784. The fraction of sp³-hybridized carbons (Fsp3) is 0.391. The molecule has 0 N–H and O–H groups in total. The van der Waals surface area contributed by atoms with E-state index in [-0.39, 0.29) is 24.2 Å². The SMILES string of the molecule is CN(C)CCN1CCN(C(=O)C2CC(=O)N(c3ccccc3)C2)c2ccccc21. The van der Waals surface area contributed by atoms with Gasteiger partial charge in [-0.05, 0) is 38.4 Å². The topological polar surface area (TPSA) is 47.1 Å². The molecule has 0 spiro atoms. The van der Waals surface area contributed by atoms with Gasteiger partial charge in [0.25, 0.3) is 0 Å².